The van der Waals surface area contributed by atoms with Gasteiger partial charge in [-0.3, -0.25) is 0 Å². The van der Waals surface area contributed by atoms with Gasteiger partial charge in [0.1, 0.15) is 0 Å². The van der Waals surface area contributed by atoms with Gasteiger partial charge in [-0.1, -0.05) is 0 Å². The second-order valence-electron chi connectivity index (χ2n) is 3.02. The number of nitrogens with two attached hydrogens (primary N) is 1. The van der Waals surface area contributed by atoms with Crippen LogP contribution < -0.4 is 10.6 Å². The Hall–Kier alpha value is -0.680. The Balaban J connectivity index is 2.74. The zero-order valence-corrected chi connectivity index (χ0v) is 9.59. The highest BCUT2D eigenvalue weighted by Crippen LogP contribution is 2.18. The maximum Gasteiger partial charge on any atom is 0.166 e. The third-order valence-electron chi connectivity index (χ3n) is 1.85. The molecule has 0 aliphatic rings. The van der Waals surface area contributed by atoms with Crippen LogP contribution in [0.2, 0.25) is 0 Å². The fraction of sp³-hybridized carbons (Fsp3) is 0.444. The first-order valence-electron chi connectivity index (χ1n) is 4.37. The lowest BCUT2D eigenvalue weighted by Gasteiger charge is -2.17. The van der Waals surface area contributed by atoms with E-state index in [1.54, 1.807) is 18.1 Å². The van der Waals surface area contributed by atoms with Gasteiger partial charge in [-0.05, 0) is 35.0 Å². The first-order chi connectivity index (χ1) is 6.65. The molecular formula is C9H13BrFN3. The molecule has 14 heavy (non-hydrogen) atoms. The molecule has 3 nitrogen and oxygen atoms in total. The fourth-order valence-corrected chi connectivity index (χ4v) is 1.43. The summed E-state index contributed by atoms with van der Waals surface area (Å²) >= 11 is 3.16. The zero-order valence-electron chi connectivity index (χ0n) is 8.00. The normalized spacial score (nSPS) is 10.3. The van der Waals surface area contributed by atoms with Gasteiger partial charge < -0.3 is 10.6 Å². The van der Waals surface area contributed by atoms with Crippen molar-refractivity contribution >= 4 is 21.7 Å². The maximum atomic E-state index is 13.4. The molecule has 78 valence electrons. The summed E-state index contributed by atoms with van der Waals surface area (Å²) in [5.74, 6) is 0.0422. The van der Waals surface area contributed by atoms with Gasteiger partial charge in [0.05, 0.1) is 0 Å². The molecule has 0 bridgehead atoms. The van der Waals surface area contributed by atoms with Crippen molar-refractivity contribution in [3.63, 3.8) is 0 Å². The average molecular weight is 262 g/mol. The van der Waals surface area contributed by atoms with Crippen LogP contribution in [-0.2, 0) is 0 Å². The number of hydrogen-bond donors (Lipinski definition) is 1. The standard InChI is InChI=1S/C9H13BrFN3/c1-14(4-2-3-12)9-8(11)5-7(10)6-13-9/h5-6H,2-4,12H2,1H3. The van der Waals surface area contributed by atoms with E-state index in [4.69, 9.17) is 5.73 Å². The van der Waals surface area contributed by atoms with E-state index in [0.717, 1.165) is 6.42 Å². The second-order valence-corrected chi connectivity index (χ2v) is 3.94. The van der Waals surface area contributed by atoms with E-state index < -0.39 is 0 Å². The average Bonchev–Trinajstić information content (AvgIpc) is 2.14. The lowest BCUT2D eigenvalue weighted by atomic mass is 10.3. The first kappa shape index (κ1) is 11.4. The van der Waals surface area contributed by atoms with Crippen LogP contribution in [0.4, 0.5) is 10.2 Å². The highest BCUT2D eigenvalue weighted by molar-refractivity contribution is 9.10. The van der Waals surface area contributed by atoms with Crippen LogP contribution in [0.1, 0.15) is 6.42 Å². The van der Waals surface area contributed by atoms with Crippen molar-refractivity contribution in [1.29, 1.82) is 0 Å². The van der Waals surface area contributed by atoms with Crippen molar-refractivity contribution in [3.05, 3.63) is 22.6 Å². The number of hydrogen-bond acceptors (Lipinski definition) is 3. The van der Waals surface area contributed by atoms with E-state index in [2.05, 4.69) is 20.9 Å². The second kappa shape index (κ2) is 5.26. The summed E-state index contributed by atoms with van der Waals surface area (Å²) in [5, 5.41) is 0. The van der Waals surface area contributed by atoms with Gasteiger partial charge in [0.15, 0.2) is 11.6 Å². The SMILES string of the molecule is CN(CCCN)c1ncc(Br)cc1F. The summed E-state index contributed by atoms with van der Waals surface area (Å²) in [4.78, 5) is 5.75. The molecule has 0 radical (unpaired) electrons. The van der Waals surface area contributed by atoms with E-state index in [9.17, 15) is 4.39 Å². The minimum absolute atomic E-state index is 0.320. The van der Waals surface area contributed by atoms with Crippen LogP contribution in [0, 0.1) is 5.82 Å². The highest BCUT2D eigenvalue weighted by Gasteiger charge is 2.08. The monoisotopic (exact) mass is 261 g/mol. The lowest BCUT2D eigenvalue weighted by Crippen LogP contribution is -2.23. The molecule has 0 unspecified atom stereocenters. The lowest BCUT2D eigenvalue weighted by molar-refractivity contribution is 0.612. The van der Waals surface area contributed by atoms with Crippen LogP contribution in [-0.4, -0.2) is 25.1 Å². The third kappa shape index (κ3) is 2.92. The van der Waals surface area contributed by atoms with E-state index in [0.29, 0.717) is 23.4 Å². The van der Waals surface area contributed by atoms with Crippen LogP contribution in [0.3, 0.4) is 0 Å². The van der Waals surface area contributed by atoms with E-state index in [1.165, 1.54) is 6.07 Å². The van der Waals surface area contributed by atoms with Gasteiger partial charge in [0, 0.05) is 24.3 Å². The van der Waals surface area contributed by atoms with E-state index >= 15 is 0 Å². The third-order valence-corrected chi connectivity index (χ3v) is 2.28. The highest BCUT2D eigenvalue weighted by atomic mass is 79.9. The molecule has 5 heteroatoms. The molecule has 0 saturated heterocycles. The van der Waals surface area contributed by atoms with Gasteiger partial charge in [-0.25, -0.2) is 9.37 Å². The summed E-state index contributed by atoms with van der Waals surface area (Å²) in [6, 6.07) is 1.40. The quantitative estimate of drug-likeness (QED) is 0.899. The molecule has 0 aromatic carbocycles. The number of aromatic nitrogens is 1. The predicted molar refractivity (Wildman–Crippen MR) is 58.8 cm³/mol. The largest absolute Gasteiger partial charge is 0.357 e. The van der Waals surface area contributed by atoms with Gasteiger partial charge in [0.25, 0.3) is 0 Å². The molecule has 0 atom stereocenters. The molecule has 0 aliphatic heterocycles. The van der Waals surface area contributed by atoms with Gasteiger partial charge in [-0.15, -0.1) is 0 Å². The molecule has 0 amide bonds. The Labute approximate surface area is 91.2 Å². The Kier molecular flexibility index (Phi) is 4.28. The number of anilines is 1. The molecule has 1 rings (SSSR count). The Morgan fingerprint density at radius 1 is 1.64 bits per heavy atom. The fourth-order valence-electron chi connectivity index (χ4n) is 1.12. The number of pyridine rings is 1. The van der Waals surface area contributed by atoms with Gasteiger partial charge >= 0.3 is 0 Å². The Morgan fingerprint density at radius 3 is 2.93 bits per heavy atom. The summed E-state index contributed by atoms with van der Waals surface area (Å²) in [6.07, 6.45) is 2.41. The van der Waals surface area contributed by atoms with Crippen molar-refractivity contribution in [1.82, 2.24) is 4.98 Å². The molecule has 0 aliphatic carbocycles. The van der Waals surface area contributed by atoms with E-state index in [1.807, 2.05) is 0 Å². The minimum atomic E-state index is -0.320. The summed E-state index contributed by atoms with van der Waals surface area (Å²) in [6.45, 7) is 1.31. The van der Waals surface area contributed by atoms with Crippen LogP contribution in [0.25, 0.3) is 0 Å². The summed E-state index contributed by atoms with van der Waals surface area (Å²) < 4.78 is 14.0. The molecule has 1 aromatic heterocycles. The van der Waals surface area contributed by atoms with Gasteiger partial charge in [-0.2, -0.15) is 0 Å². The Morgan fingerprint density at radius 2 is 2.36 bits per heavy atom. The summed E-state index contributed by atoms with van der Waals surface area (Å²) in [5.41, 5.74) is 5.37. The first-order valence-corrected chi connectivity index (χ1v) is 5.16. The van der Waals surface area contributed by atoms with Gasteiger partial charge in [0.2, 0.25) is 0 Å². The van der Waals surface area contributed by atoms with Crippen molar-refractivity contribution in [2.75, 3.05) is 25.0 Å². The molecule has 0 spiro atoms. The van der Waals surface area contributed by atoms with Crippen molar-refractivity contribution in [2.24, 2.45) is 5.73 Å². The van der Waals surface area contributed by atoms with Crippen LogP contribution >= 0.6 is 15.9 Å². The van der Waals surface area contributed by atoms with Crippen molar-refractivity contribution in [3.8, 4) is 0 Å². The molecular weight excluding hydrogens is 249 g/mol. The predicted octanol–water partition coefficient (Wildman–Crippen LogP) is 1.77. The molecule has 1 aromatic rings. The number of nitrogens with zero attached hydrogens (tertiary/aromatic N) is 2. The smallest absolute Gasteiger partial charge is 0.166 e. The van der Waals surface area contributed by atoms with E-state index in [-0.39, 0.29) is 5.82 Å². The molecule has 0 fully saturated rings. The topological polar surface area (TPSA) is 42.1 Å². The number of halogens is 2. The van der Waals surface area contributed by atoms with Crippen molar-refractivity contribution < 1.29 is 4.39 Å². The number of rotatable bonds is 4. The summed E-state index contributed by atoms with van der Waals surface area (Å²) in [7, 11) is 1.80. The van der Waals surface area contributed by atoms with Crippen LogP contribution in [0.5, 0.6) is 0 Å². The zero-order chi connectivity index (χ0) is 10.6. The Bertz CT molecular complexity index is 306. The van der Waals surface area contributed by atoms with Crippen LogP contribution in [0.15, 0.2) is 16.7 Å². The minimum Gasteiger partial charge on any atom is -0.357 e. The molecule has 1 heterocycles. The van der Waals surface area contributed by atoms with Crippen molar-refractivity contribution in [2.45, 2.75) is 6.42 Å². The molecule has 2 N–H and O–H groups in total. The maximum absolute atomic E-state index is 13.4. The molecule has 0 saturated carbocycles.